The standard InChI is InChI=1S/C39H41FN8O3S/c1-4-39(2,3)34-22-36(48(45-34)29-13-15-31(40)32(49)21-29)42-38(50)41-23-28-7-5-6-8-33(28)52-30-14-16-35-43-44-37(47(35)25-30)27-11-9-26(10-12-27)24-46-17-19-51-20-18-46/h5-16,21-22,25,49H,4,17-20,23-24H2,1-3H3,(H2,41,42,50). The van der Waals surface area contributed by atoms with Crippen LogP contribution in [0.1, 0.15) is 44.0 Å². The number of benzene rings is 3. The predicted octanol–water partition coefficient (Wildman–Crippen LogP) is 7.42. The fourth-order valence-corrected chi connectivity index (χ4v) is 6.90. The first kappa shape index (κ1) is 35.2. The van der Waals surface area contributed by atoms with Crippen molar-refractivity contribution in [1.82, 2.24) is 34.6 Å². The molecule has 3 N–H and O–H groups in total. The highest BCUT2D eigenvalue weighted by Crippen LogP contribution is 2.33. The van der Waals surface area contributed by atoms with Gasteiger partial charge in [-0.15, -0.1) is 10.2 Å². The number of phenolic OH excluding ortho intramolecular Hbond substituents is 1. The Labute approximate surface area is 305 Å². The fourth-order valence-electron chi connectivity index (χ4n) is 5.93. The fraction of sp³-hybridized carbons (Fsp3) is 0.282. The Morgan fingerprint density at radius 2 is 1.79 bits per heavy atom. The third kappa shape index (κ3) is 7.81. The normalized spacial score (nSPS) is 13.8. The van der Waals surface area contributed by atoms with Crippen LogP contribution in [0.4, 0.5) is 15.0 Å². The summed E-state index contributed by atoms with van der Waals surface area (Å²) >= 11 is 1.59. The first-order valence-electron chi connectivity index (χ1n) is 17.3. The van der Waals surface area contributed by atoms with Gasteiger partial charge in [0.15, 0.2) is 23.0 Å². The molecule has 0 bridgehead atoms. The van der Waals surface area contributed by atoms with E-state index >= 15 is 0 Å². The number of carbonyl (C=O) groups excluding carboxylic acids is 1. The van der Waals surface area contributed by atoms with Crippen LogP contribution in [-0.2, 0) is 23.2 Å². The van der Waals surface area contributed by atoms with Gasteiger partial charge >= 0.3 is 6.03 Å². The molecule has 1 aliphatic rings. The maximum absolute atomic E-state index is 13.8. The van der Waals surface area contributed by atoms with Gasteiger partial charge in [0.05, 0.1) is 24.6 Å². The van der Waals surface area contributed by atoms with E-state index in [-0.39, 0.29) is 12.0 Å². The molecule has 52 heavy (non-hydrogen) atoms. The van der Waals surface area contributed by atoms with E-state index in [0.29, 0.717) is 11.5 Å². The van der Waals surface area contributed by atoms with Crippen LogP contribution in [-0.4, -0.2) is 66.7 Å². The van der Waals surface area contributed by atoms with E-state index in [4.69, 9.17) is 9.84 Å². The molecule has 0 saturated carbocycles. The van der Waals surface area contributed by atoms with E-state index in [1.54, 1.807) is 11.8 Å². The summed E-state index contributed by atoms with van der Waals surface area (Å²) in [6.07, 6.45) is 2.85. The number of carbonyl (C=O) groups is 1. The lowest BCUT2D eigenvalue weighted by Gasteiger charge is -2.26. The lowest BCUT2D eigenvalue weighted by Crippen LogP contribution is -2.35. The molecule has 0 aliphatic carbocycles. The summed E-state index contributed by atoms with van der Waals surface area (Å²) in [5.41, 5.74) is 4.82. The van der Waals surface area contributed by atoms with Crippen molar-refractivity contribution < 1.29 is 19.0 Å². The van der Waals surface area contributed by atoms with E-state index in [1.807, 2.05) is 53.1 Å². The van der Waals surface area contributed by atoms with Crippen molar-refractivity contribution in [2.45, 2.75) is 55.5 Å². The molecule has 3 aromatic carbocycles. The number of pyridine rings is 1. The number of nitrogens with zero attached hydrogens (tertiary/aromatic N) is 6. The number of ether oxygens (including phenoxy) is 1. The van der Waals surface area contributed by atoms with Crippen LogP contribution < -0.4 is 10.6 Å². The highest BCUT2D eigenvalue weighted by Gasteiger charge is 2.25. The Morgan fingerprint density at radius 1 is 1.00 bits per heavy atom. The quantitative estimate of drug-likeness (QED) is 0.127. The van der Waals surface area contributed by atoms with Gasteiger partial charge in [-0.1, -0.05) is 75.0 Å². The van der Waals surface area contributed by atoms with Crippen LogP contribution in [0, 0.1) is 5.82 Å². The number of aromatic nitrogens is 5. The van der Waals surface area contributed by atoms with Crippen LogP contribution in [0.3, 0.4) is 0 Å². The number of aromatic hydroxyl groups is 1. The molecule has 0 radical (unpaired) electrons. The van der Waals surface area contributed by atoms with Crippen LogP contribution in [0.25, 0.3) is 22.7 Å². The Kier molecular flexibility index (Phi) is 10.3. The molecule has 0 atom stereocenters. The third-order valence-electron chi connectivity index (χ3n) is 9.44. The van der Waals surface area contributed by atoms with Gasteiger partial charge in [0.25, 0.3) is 0 Å². The Balaban J connectivity index is 1.05. The van der Waals surface area contributed by atoms with Gasteiger partial charge in [0, 0.05) is 65.3 Å². The second kappa shape index (κ2) is 15.2. The number of fused-ring (bicyclic) bond motifs is 1. The number of hydrogen-bond acceptors (Lipinski definition) is 8. The van der Waals surface area contributed by atoms with Gasteiger partial charge in [-0.2, -0.15) is 5.10 Å². The number of nitrogens with one attached hydrogen (secondary N) is 2. The molecule has 3 aromatic heterocycles. The number of morpholine rings is 1. The zero-order valence-electron chi connectivity index (χ0n) is 29.3. The second-order valence-corrected chi connectivity index (χ2v) is 14.5. The van der Waals surface area contributed by atoms with E-state index in [2.05, 4.69) is 70.8 Å². The first-order valence-corrected chi connectivity index (χ1v) is 18.1. The Morgan fingerprint density at radius 3 is 2.56 bits per heavy atom. The number of amides is 2. The number of anilines is 1. The molecule has 268 valence electrons. The summed E-state index contributed by atoms with van der Waals surface area (Å²) in [7, 11) is 0. The zero-order valence-corrected chi connectivity index (χ0v) is 30.2. The number of hydrogen-bond donors (Lipinski definition) is 3. The van der Waals surface area contributed by atoms with Gasteiger partial charge in [-0.25, -0.2) is 13.9 Å². The number of rotatable bonds is 11. The molecule has 11 nitrogen and oxygen atoms in total. The van der Waals surface area contributed by atoms with Crippen molar-refractivity contribution in [3.05, 3.63) is 114 Å². The van der Waals surface area contributed by atoms with Gasteiger partial charge in [-0.3, -0.25) is 14.6 Å². The molecule has 1 saturated heterocycles. The lowest BCUT2D eigenvalue weighted by molar-refractivity contribution is 0.0342. The van der Waals surface area contributed by atoms with Crippen molar-refractivity contribution in [3.8, 4) is 22.8 Å². The minimum absolute atomic E-state index is 0.269. The molecule has 6 aromatic rings. The lowest BCUT2D eigenvalue weighted by atomic mass is 9.87. The van der Waals surface area contributed by atoms with E-state index < -0.39 is 17.6 Å². The van der Waals surface area contributed by atoms with Gasteiger partial charge in [-0.05, 0) is 47.9 Å². The molecule has 4 heterocycles. The van der Waals surface area contributed by atoms with Gasteiger partial charge < -0.3 is 15.2 Å². The topological polar surface area (TPSA) is 122 Å². The zero-order chi connectivity index (χ0) is 36.2. The molecule has 1 aliphatic heterocycles. The molecular weight excluding hydrogens is 680 g/mol. The first-order chi connectivity index (χ1) is 25.2. The summed E-state index contributed by atoms with van der Waals surface area (Å²) in [4.78, 5) is 17.7. The minimum atomic E-state index is -0.735. The van der Waals surface area contributed by atoms with Crippen molar-refractivity contribution in [2.24, 2.45) is 0 Å². The average Bonchev–Trinajstić information content (AvgIpc) is 3.78. The highest BCUT2D eigenvalue weighted by molar-refractivity contribution is 7.99. The van der Waals surface area contributed by atoms with Crippen molar-refractivity contribution >= 4 is 29.3 Å². The maximum Gasteiger partial charge on any atom is 0.320 e. The molecule has 0 unspecified atom stereocenters. The largest absolute Gasteiger partial charge is 0.505 e. The van der Waals surface area contributed by atoms with Crippen molar-refractivity contribution in [3.63, 3.8) is 0 Å². The summed E-state index contributed by atoms with van der Waals surface area (Å²) in [5.74, 6) is -0.0712. The van der Waals surface area contributed by atoms with E-state index in [0.717, 1.165) is 77.4 Å². The number of halogens is 1. The molecule has 0 spiro atoms. The number of urea groups is 1. The van der Waals surface area contributed by atoms with E-state index in [9.17, 15) is 14.3 Å². The van der Waals surface area contributed by atoms with Crippen LogP contribution in [0.5, 0.6) is 5.75 Å². The van der Waals surface area contributed by atoms with Gasteiger partial charge in [0.1, 0.15) is 5.82 Å². The van der Waals surface area contributed by atoms with Crippen LogP contribution >= 0.6 is 11.8 Å². The third-order valence-corrected chi connectivity index (χ3v) is 10.5. The molecule has 2 amide bonds. The predicted molar refractivity (Wildman–Crippen MR) is 199 cm³/mol. The smallest absolute Gasteiger partial charge is 0.320 e. The number of phenols is 1. The second-order valence-electron chi connectivity index (χ2n) is 13.4. The summed E-state index contributed by atoms with van der Waals surface area (Å²) < 4.78 is 22.8. The molecule has 13 heteroatoms. The van der Waals surface area contributed by atoms with Gasteiger partial charge in [0.2, 0.25) is 0 Å². The average molecular weight is 721 g/mol. The Hall–Kier alpha value is -5.24. The highest BCUT2D eigenvalue weighted by atomic mass is 32.2. The SMILES string of the molecule is CCC(C)(C)c1cc(NC(=O)NCc2ccccc2Sc2ccc3nnc(-c4ccc(CN5CCOCC5)cc4)n3c2)n(-c2ccc(F)c(O)c2)n1. The van der Waals surface area contributed by atoms with E-state index in [1.165, 1.54) is 28.4 Å². The van der Waals surface area contributed by atoms with Crippen LogP contribution in [0.15, 0.2) is 101 Å². The monoisotopic (exact) mass is 720 g/mol. The maximum atomic E-state index is 13.8. The summed E-state index contributed by atoms with van der Waals surface area (Å²) in [6.45, 7) is 10.8. The summed E-state index contributed by atoms with van der Waals surface area (Å²) in [5, 5.41) is 29.5. The Bertz CT molecular complexity index is 2190. The molecular formula is C39H41FN8O3S. The molecule has 1 fully saturated rings. The van der Waals surface area contributed by atoms with Crippen molar-refractivity contribution in [2.75, 3.05) is 31.6 Å². The summed E-state index contributed by atoms with van der Waals surface area (Å²) in [6, 6.07) is 25.7. The van der Waals surface area contributed by atoms with Crippen LogP contribution in [0.2, 0.25) is 0 Å². The molecule has 7 rings (SSSR count). The minimum Gasteiger partial charge on any atom is -0.505 e. The van der Waals surface area contributed by atoms with Crippen molar-refractivity contribution in [1.29, 1.82) is 0 Å².